The average molecular weight is 383 g/mol. The fourth-order valence-corrected chi connectivity index (χ4v) is 3.86. The molecule has 2 aliphatic heterocycles. The first-order valence-corrected chi connectivity index (χ1v) is 11.7. The second-order valence-corrected chi connectivity index (χ2v) is 8.39. The van der Waals surface area contributed by atoms with E-state index >= 15 is 0 Å². The maximum absolute atomic E-state index is 11.6. The van der Waals surface area contributed by atoms with Crippen LogP contribution in [0.3, 0.4) is 0 Å². The maximum Gasteiger partial charge on any atom is 0.305 e. The van der Waals surface area contributed by atoms with Crippen LogP contribution in [0.25, 0.3) is 0 Å². The molecule has 158 valence electrons. The van der Waals surface area contributed by atoms with Crippen LogP contribution in [0.5, 0.6) is 0 Å². The zero-order valence-electron chi connectivity index (χ0n) is 17.8. The van der Waals surface area contributed by atoms with E-state index in [0.717, 1.165) is 38.5 Å². The summed E-state index contributed by atoms with van der Waals surface area (Å²) in [6, 6.07) is 0. The van der Waals surface area contributed by atoms with Gasteiger partial charge in [-0.2, -0.15) is 0 Å². The van der Waals surface area contributed by atoms with E-state index in [1.165, 1.54) is 51.4 Å². The molecule has 2 saturated heterocycles. The fourth-order valence-electron chi connectivity index (χ4n) is 3.86. The monoisotopic (exact) mass is 382 g/mol. The van der Waals surface area contributed by atoms with Crippen LogP contribution >= 0.6 is 0 Å². The van der Waals surface area contributed by atoms with Crippen LogP contribution in [0.2, 0.25) is 0 Å². The minimum Gasteiger partial charge on any atom is -0.466 e. The van der Waals surface area contributed by atoms with Gasteiger partial charge in [0.1, 0.15) is 0 Å². The van der Waals surface area contributed by atoms with Crippen LogP contribution in [-0.4, -0.2) is 37.0 Å². The Kier molecular flexibility index (Phi) is 11.4. The van der Waals surface area contributed by atoms with Crippen molar-refractivity contribution < 1.29 is 19.0 Å². The van der Waals surface area contributed by atoms with Crippen molar-refractivity contribution in [3.63, 3.8) is 0 Å². The number of epoxide rings is 2. The first-order chi connectivity index (χ1) is 13.2. The van der Waals surface area contributed by atoms with Crippen molar-refractivity contribution in [3.05, 3.63) is 0 Å². The summed E-state index contributed by atoms with van der Waals surface area (Å²) < 4.78 is 16.8. The van der Waals surface area contributed by atoms with E-state index < -0.39 is 0 Å². The molecule has 27 heavy (non-hydrogen) atoms. The number of carbonyl (C=O) groups excluding carboxylic acids is 1. The van der Waals surface area contributed by atoms with E-state index in [1.54, 1.807) is 0 Å². The van der Waals surface area contributed by atoms with Gasteiger partial charge in [0.2, 0.25) is 0 Å². The third-order valence-electron chi connectivity index (χ3n) is 5.81. The number of hydrogen-bond donors (Lipinski definition) is 0. The third kappa shape index (κ3) is 10.5. The first-order valence-electron chi connectivity index (χ1n) is 11.7. The van der Waals surface area contributed by atoms with Crippen molar-refractivity contribution in [3.8, 4) is 0 Å². The second kappa shape index (κ2) is 13.5. The Hall–Kier alpha value is -0.610. The smallest absolute Gasteiger partial charge is 0.305 e. The van der Waals surface area contributed by atoms with Crippen molar-refractivity contribution in [2.24, 2.45) is 0 Å². The summed E-state index contributed by atoms with van der Waals surface area (Å²) in [4.78, 5) is 11.6. The van der Waals surface area contributed by atoms with E-state index in [0.29, 0.717) is 37.4 Å². The summed E-state index contributed by atoms with van der Waals surface area (Å²) in [7, 11) is 0. The highest BCUT2D eigenvalue weighted by Gasteiger charge is 2.47. The highest BCUT2D eigenvalue weighted by atomic mass is 16.6. The van der Waals surface area contributed by atoms with Crippen molar-refractivity contribution in [1.82, 2.24) is 0 Å². The van der Waals surface area contributed by atoms with Gasteiger partial charge in [-0.3, -0.25) is 4.79 Å². The van der Waals surface area contributed by atoms with Gasteiger partial charge in [0, 0.05) is 12.8 Å². The molecule has 0 spiro atoms. The molecule has 0 radical (unpaired) electrons. The van der Waals surface area contributed by atoms with Gasteiger partial charge in [-0.25, -0.2) is 0 Å². The number of ether oxygens (including phenoxy) is 3. The predicted octanol–water partition coefficient (Wildman–Crippen LogP) is 5.96. The van der Waals surface area contributed by atoms with Crippen LogP contribution in [0, 0.1) is 0 Å². The molecule has 2 heterocycles. The second-order valence-electron chi connectivity index (χ2n) is 8.39. The highest BCUT2D eigenvalue weighted by molar-refractivity contribution is 5.69. The standard InChI is InChI=1S/C23H42O4/c1-3-5-10-14-19-21(26-19)18-22-20(27-22)15-11-8-7-9-12-16-23(24)25-17-13-6-4-2/h19-22H,3-18H2,1-2H3. The van der Waals surface area contributed by atoms with E-state index in [4.69, 9.17) is 14.2 Å². The molecule has 4 heteroatoms. The molecule has 2 rings (SSSR count). The third-order valence-corrected chi connectivity index (χ3v) is 5.81. The van der Waals surface area contributed by atoms with Crippen LogP contribution in [0.1, 0.15) is 110 Å². The Bertz CT molecular complexity index is 398. The van der Waals surface area contributed by atoms with Crippen molar-refractivity contribution in [2.75, 3.05) is 6.61 Å². The van der Waals surface area contributed by atoms with Gasteiger partial charge in [-0.05, 0) is 25.7 Å². The number of unbranched alkanes of at least 4 members (excludes halogenated alkanes) is 8. The molecule has 0 N–H and O–H groups in total. The Balaban J connectivity index is 1.31. The van der Waals surface area contributed by atoms with Crippen LogP contribution in [0.4, 0.5) is 0 Å². The summed E-state index contributed by atoms with van der Waals surface area (Å²) in [6.07, 6.45) is 19.1. The fraction of sp³-hybridized carbons (Fsp3) is 0.957. The molecule has 4 unspecified atom stereocenters. The highest BCUT2D eigenvalue weighted by Crippen LogP contribution is 2.39. The SMILES string of the molecule is CCCCCOC(=O)CCCCCCCC1OC1CC1OC1CCCCC. The largest absolute Gasteiger partial charge is 0.466 e. The number of hydrogen-bond acceptors (Lipinski definition) is 4. The predicted molar refractivity (Wildman–Crippen MR) is 109 cm³/mol. The number of esters is 1. The first kappa shape index (κ1) is 22.7. The Morgan fingerprint density at radius 2 is 1.26 bits per heavy atom. The van der Waals surface area contributed by atoms with Crippen molar-refractivity contribution in [2.45, 2.75) is 135 Å². The average Bonchev–Trinajstić information content (AvgIpc) is 3.57. The number of carbonyl (C=O) groups is 1. The molecule has 0 aromatic heterocycles. The van der Waals surface area contributed by atoms with E-state index in [9.17, 15) is 4.79 Å². The van der Waals surface area contributed by atoms with Gasteiger partial charge in [0.25, 0.3) is 0 Å². The van der Waals surface area contributed by atoms with Gasteiger partial charge in [-0.15, -0.1) is 0 Å². The number of rotatable bonds is 18. The zero-order chi connectivity index (χ0) is 19.3. The molecule has 0 amide bonds. The Morgan fingerprint density at radius 1 is 0.704 bits per heavy atom. The molecule has 0 aliphatic carbocycles. The van der Waals surface area contributed by atoms with E-state index in [2.05, 4.69) is 13.8 Å². The van der Waals surface area contributed by atoms with Gasteiger partial charge >= 0.3 is 5.97 Å². The molecule has 0 saturated carbocycles. The zero-order valence-corrected chi connectivity index (χ0v) is 17.8. The molecule has 0 aromatic carbocycles. The minimum atomic E-state index is -0.0179. The molecular weight excluding hydrogens is 340 g/mol. The summed E-state index contributed by atoms with van der Waals surface area (Å²) in [6.45, 7) is 5.00. The van der Waals surface area contributed by atoms with Gasteiger partial charge in [-0.1, -0.05) is 71.6 Å². The Morgan fingerprint density at radius 3 is 1.93 bits per heavy atom. The molecule has 0 aromatic rings. The lowest BCUT2D eigenvalue weighted by Gasteiger charge is -2.04. The summed E-state index contributed by atoms with van der Waals surface area (Å²) >= 11 is 0. The quantitative estimate of drug-likeness (QED) is 0.167. The normalized spacial score (nSPS) is 26.1. The van der Waals surface area contributed by atoms with E-state index in [1.807, 2.05) is 0 Å². The molecule has 2 fully saturated rings. The lowest BCUT2D eigenvalue weighted by Crippen LogP contribution is -2.05. The van der Waals surface area contributed by atoms with Gasteiger partial charge < -0.3 is 14.2 Å². The van der Waals surface area contributed by atoms with E-state index in [-0.39, 0.29) is 5.97 Å². The molecule has 4 atom stereocenters. The maximum atomic E-state index is 11.6. The van der Waals surface area contributed by atoms with Crippen LogP contribution < -0.4 is 0 Å². The summed E-state index contributed by atoms with van der Waals surface area (Å²) in [5, 5.41) is 0. The van der Waals surface area contributed by atoms with Gasteiger partial charge in [0.05, 0.1) is 31.0 Å². The molecule has 0 bridgehead atoms. The molecule has 4 nitrogen and oxygen atoms in total. The van der Waals surface area contributed by atoms with Gasteiger partial charge in [0.15, 0.2) is 0 Å². The molecular formula is C23H42O4. The molecule has 2 aliphatic rings. The lowest BCUT2D eigenvalue weighted by atomic mass is 10.0. The summed E-state index contributed by atoms with van der Waals surface area (Å²) in [5.74, 6) is -0.0179. The Labute approximate surface area is 166 Å². The lowest BCUT2D eigenvalue weighted by molar-refractivity contribution is -0.143. The summed E-state index contributed by atoms with van der Waals surface area (Å²) in [5.41, 5.74) is 0. The van der Waals surface area contributed by atoms with Crippen molar-refractivity contribution in [1.29, 1.82) is 0 Å². The van der Waals surface area contributed by atoms with Crippen molar-refractivity contribution >= 4 is 5.97 Å². The van der Waals surface area contributed by atoms with Crippen LogP contribution in [0.15, 0.2) is 0 Å². The topological polar surface area (TPSA) is 51.4 Å². The minimum absolute atomic E-state index is 0.0179. The van der Waals surface area contributed by atoms with Crippen LogP contribution in [-0.2, 0) is 19.0 Å².